The maximum Gasteiger partial charge on any atom is 0.243 e. The van der Waals surface area contributed by atoms with Gasteiger partial charge in [-0.25, -0.2) is 4.99 Å². The van der Waals surface area contributed by atoms with Gasteiger partial charge in [-0.1, -0.05) is 12.8 Å². The van der Waals surface area contributed by atoms with E-state index in [9.17, 15) is 9.59 Å². The van der Waals surface area contributed by atoms with Crippen molar-refractivity contribution in [2.45, 2.75) is 38.1 Å². The Kier molecular flexibility index (Phi) is 8.15. The molecule has 0 spiro atoms. The predicted molar refractivity (Wildman–Crippen MR) is 101 cm³/mol. The van der Waals surface area contributed by atoms with Crippen LogP contribution in [0.1, 0.15) is 32.1 Å². The molecular weight excluding hydrogens is 334 g/mol. The van der Waals surface area contributed by atoms with Gasteiger partial charge in [0.1, 0.15) is 6.54 Å². The minimum absolute atomic E-state index is 0.0534. The zero-order valence-corrected chi connectivity index (χ0v) is 16.3. The average molecular weight is 367 g/mol. The highest BCUT2D eigenvalue weighted by atomic mass is 16.5. The van der Waals surface area contributed by atoms with E-state index in [-0.39, 0.29) is 24.4 Å². The smallest absolute Gasteiger partial charge is 0.243 e. The number of likely N-dealkylation sites (N-methyl/N-ethyl adjacent to an activating group) is 1. The van der Waals surface area contributed by atoms with Gasteiger partial charge in [-0.2, -0.15) is 0 Å². The van der Waals surface area contributed by atoms with Gasteiger partial charge in [0.25, 0.3) is 0 Å². The lowest BCUT2D eigenvalue weighted by atomic mass is 10.1. The summed E-state index contributed by atoms with van der Waals surface area (Å²) in [6, 6.07) is 0.156. The molecule has 8 nitrogen and oxygen atoms in total. The second kappa shape index (κ2) is 10.4. The van der Waals surface area contributed by atoms with Crippen LogP contribution in [0.5, 0.6) is 0 Å². The lowest BCUT2D eigenvalue weighted by Gasteiger charge is -2.21. The molecule has 0 bridgehead atoms. The van der Waals surface area contributed by atoms with E-state index in [1.807, 2.05) is 4.90 Å². The first-order valence-corrected chi connectivity index (χ1v) is 9.54. The van der Waals surface area contributed by atoms with Crippen molar-refractivity contribution in [1.29, 1.82) is 0 Å². The quantitative estimate of drug-likeness (QED) is 0.377. The van der Waals surface area contributed by atoms with Crippen LogP contribution in [-0.4, -0.2) is 87.6 Å². The van der Waals surface area contributed by atoms with Crippen molar-refractivity contribution in [2.24, 2.45) is 10.9 Å². The van der Waals surface area contributed by atoms with Crippen molar-refractivity contribution in [2.75, 3.05) is 54.0 Å². The Morgan fingerprint density at radius 2 is 1.96 bits per heavy atom. The molecule has 2 rings (SSSR count). The molecule has 1 aliphatic carbocycles. The van der Waals surface area contributed by atoms with Crippen LogP contribution in [0.3, 0.4) is 0 Å². The van der Waals surface area contributed by atoms with E-state index in [0.717, 1.165) is 25.8 Å². The fraction of sp³-hybridized carbons (Fsp3) is 0.833. The monoisotopic (exact) mass is 367 g/mol. The number of likely N-dealkylation sites (tertiary alicyclic amines) is 1. The Labute approximate surface area is 156 Å². The van der Waals surface area contributed by atoms with Crippen molar-refractivity contribution >= 4 is 17.8 Å². The highest BCUT2D eigenvalue weighted by molar-refractivity contribution is 5.85. The minimum atomic E-state index is -0.0534. The Balaban J connectivity index is 1.87. The third-order valence-corrected chi connectivity index (χ3v) is 5.02. The van der Waals surface area contributed by atoms with E-state index in [0.29, 0.717) is 31.6 Å². The number of ether oxygens (including phenoxy) is 1. The van der Waals surface area contributed by atoms with E-state index in [4.69, 9.17) is 4.74 Å². The van der Waals surface area contributed by atoms with Gasteiger partial charge in [0.15, 0.2) is 5.96 Å². The molecule has 2 aliphatic rings. The fourth-order valence-corrected chi connectivity index (χ4v) is 3.41. The van der Waals surface area contributed by atoms with Crippen molar-refractivity contribution in [3.05, 3.63) is 0 Å². The molecule has 1 saturated heterocycles. The number of guanidine groups is 1. The normalized spacial score (nSPS) is 21.1. The predicted octanol–water partition coefficient (Wildman–Crippen LogP) is 0.0473. The molecule has 148 valence electrons. The van der Waals surface area contributed by atoms with Crippen molar-refractivity contribution in [1.82, 2.24) is 20.4 Å². The van der Waals surface area contributed by atoms with E-state index < -0.39 is 0 Å². The summed E-state index contributed by atoms with van der Waals surface area (Å²) < 4.78 is 5.06. The van der Waals surface area contributed by atoms with Crippen molar-refractivity contribution in [3.8, 4) is 0 Å². The second-order valence-corrected chi connectivity index (χ2v) is 7.27. The number of rotatable bonds is 7. The van der Waals surface area contributed by atoms with Gasteiger partial charge >= 0.3 is 0 Å². The Hall–Kier alpha value is -1.83. The molecule has 1 saturated carbocycles. The van der Waals surface area contributed by atoms with E-state index in [2.05, 4.69) is 15.6 Å². The summed E-state index contributed by atoms with van der Waals surface area (Å²) in [6.07, 6.45) is 5.31. The first kappa shape index (κ1) is 20.5. The van der Waals surface area contributed by atoms with Gasteiger partial charge < -0.3 is 25.2 Å². The van der Waals surface area contributed by atoms with Gasteiger partial charge in [-0.05, 0) is 19.3 Å². The lowest BCUT2D eigenvalue weighted by molar-refractivity contribution is -0.134. The molecule has 0 radical (unpaired) electrons. The lowest BCUT2D eigenvalue weighted by Crippen LogP contribution is -2.46. The number of carbonyl (C=O) groups is 2. The van der Waals surface area contributed by atoms with E-state index in [1.165, 1.54) is 17.7 Å². The standard InChI is InChI=1S/C18H33N5O3/c1-22(2)16(24)12-20-18(19-9-11-26-3)21-15-8-10-23(13-15)17(25)14-6-4-5-7-14/h14-15H,4-13H2,1-3H3,(H2,19,20,21). The molecular formula is C18H33N5O3. The van der Waals surface area contributed by atoms with Gasteiger partial charge in [0.2, 0.25) is 11.8 Å². The molecule has 0 aromatic heterocycles. The molecule has 1 unspecified atom stereocenters. The maximum atomic E-state index is 12.6. The number of nitrogens with zero attached hydrogens (tertiary/aromatic N) is 3. The number of amides is 2. The first-order valence-electron chi connectivity index (χ1n) is 9.54. The summed E-state index contributed by atoms with van der Waals surface area (Å²) in [5, 5.41) is 6.54. The highest BCUT2D eigenvalue weighted by Crippen LogP contribution is 2.27. The molecule has 2 fully saturated rings. The van der Waals surface area contributed by atoms with Gasteiger partial charge in [-0.3, -0.25) is 9.59 Å². The van der Waals surface area contributed by atoms with Gasteiger partial charge in [0, 0.05) is 52.8 Å². The largest absolute Gasteiger partial charge is 0.383 e. The maximum absolute atomic E-state index is 12.6. The van der Waals surface area contributed by atoms with Crippen molar-refractivity contribution < 1.29 is 14.3 Å². The van der Waals surface area contributed by atoms with Crippen LogP contribution in [0, 0.1) is 5.92 Å². The summed E-state index contributed by atoms with van der Waals surface area (Å²) >= 11 is 0. The van der Waals surface area contributed by atoms with Crippen LogP contribution in [0.15, 0.2) is 4.99 Å². The van der Waals surface area contributed by atoms with Crippen LogP contribution >= 0.6 is 0 Å². The average Bonchev–Trinajstić information content (AvgIpc) is 3.30. The summed E-state index contributed by atoms with van der Waals surface area (Å²) in [6.45, 7) is 2.74. The van der Waals surface area contributed by atoms with Crippen LogP contribution in [0.4, 0.5) is 0 Å². The summed E-state index contributed by atoms with van der Waals surface area (Å²) in [5.41, 5.74) is 0. The minimum Gasteiger partial charge on any atom is -0.383 e. The van der Waals surface area contributed by atoms with Crippen LogP contribution in [0.2, 0.25) is 0 Å². The fourth-order valence-electron chi connectivity index (χ4n) is 3.41. The molecule has 1 heterocycles. The molecule has 1 aliphatic heterocycles. The summed E-state index contributed by atoms with van der Waals surface area (Å²) in [5.74, 6) is 1.07. The third-order valence-electron chi connectivity index (χ3n) is 5.02. The number of hydrogen-bond acceptors (Lipinski definition) is 4. The number of nitrogens with one attached hydrogen (secondary N) is 2. The molecule has 26 heavy (non-hydrogen) atoms. The number of aliphatic imine (C=N–C) groups is 1. The van der Waals surface area contributed by atoms with E-state index >= 15 is 0 Å². The van der Waals surface area contributed by atoms with Crippen LogP contribution < -0.4 is 10.6 Å². The van der Waals surface area contributed by atoms with Crippen LogP contribution in [0.25, 0.3) is 0 Å². The zero-order chi connectivity index (χ0) is 18.9. The third kappa shape index (κ3) is 6.16. The molecule has 0 aromatic carbocycles. The molecule has 2 amide bonds. The Morgan fingerprint density at radius 1 is 1.23 bits per heavy atom. The molecule has 0 aromatic rings. The summed E-state index contributed by atoms with van der Waals surface area (Å²) in [4.78, 5) is 32.2. The molecule has 2 N–H and O–H groups in total. The first-order chi connectivity index (χ1) is 12.5. The van der Waals surface area contributed by atoms with Gasteiger partial charge in [-0.15, -0.1) is 0 Å². The Morgan fingerprint density at radius 3 is 2.62 bits per heavy atom. The number of hydrogen-bond donors (Lipinski definition) is 2. The highest BCUT2D eigenvalue weighted by Gasteiger charge is 2.32. The Bertz CT molecular complexity index is 503. The molecule has 1 atom stereocenters. The van der Waals surface area contributed by atoms with E-state index in [1.54, 1.807) is 21.2 Å². The van der Waals surface area contributed by atoms with Crippen molar-refractivity contribution in [3.63, 3.8) is 0 Å². The number of methoxy groups -OCH3 is 1. The topological polar surface area (TPSA) is 86.3 Å². The summed E-state index contributed by atoms with van der Waals surface area (Å²) in [7, 11) is 5.07. The SMILES string of the molecule is COCCNC(=NCC(=O)N(C)C)NC1CCN(C(=O)C2CCCC2)C1. The zero-order valence-electron chi connectivity index (χ0n) is 16.3. The number of carbonyl (C=O) groups excluding carboxylic acids is 2. The second-order valence-electron chi connectivity index (χ2n) is 7.27. The van der Waals surface area contributed by atoms with Crippen LogP contribution in [-0.2, 0) is 14.3 Å². The molecule has 8 heteroatoms. The van der Waals surface area contributed by atoms with Gasteiger partial charge in [0.05, 0.1) is 6.61 Å².